The highest BCUT2D eigenvalue weighted by molar-refractivity contribution is 6.21. The lowest BCUT2D eigenvalue weighted by molar-refractivity contribution is -0.0594. The van der Waals surface area contributed by atoms with E-state index in [-0.39, 0.29) is 29.3 Å². The summed E-state index contributed by atoms with van der Waals surface area (Å²) in [7, 11) is 0. The molecular weight excluding hydrogens is 655 g/mol. The number of hydrogen-bond acceptors (Lipinski definition) is 4. The first-order chi connectivity index (χ1) is 25.5. The quantitative estimate of drug-likeness (QED) is 0.0653. The number of imide groups is 1. The van der Waals surface area contributed by atoms with Crippen LogP contribution in [-0.4, -0.2) is 35.3 Å². The number of allylic oxidation sites excluding steroid dienone is 1. The molecule has 0 spiro atoms. The Balaban J connectivity index is 0.998. The Kier molecular flexibility index (Phi) is 13.3. The van der Waals surface area contributed by atoms with Crippen LogP contribution in [0.4, 0.5) is 0 Å². The smallest absolute Gasteiger partial charge is 0.338 e. The van der Waals surface area contributed by atoms with Gasteiger partial charge in [0, 0.05) is 13.0 Å². The van der Waals surface area contributed by atoms with Crippen LogP contribution in [0.3, 0.4) is 0 Å². The van der Waals surface area contributed by atoms with Crippen molar-refractivity contribution >= 4 is 17.8 Å². The lowest BCUT2D eigenvalue weighted by atomic mass is 9.47. The molecule has 1 heterocycles. The monoisotopic (exact) mass is 728 g/mol. The molecule has 0 aromatic heterocycles. The van der Waals surface area contributed by atoms with Gasteiger partial charge in [-0.3, -0.25) is 14.5 Å². The molecule has 1 aliphatic heterocycles. The molecule has 2 amide bonds. The summed E-state index contributed by atoms with van der Waals surface area (Å²) in [6.45, 7) is 15.2. The van der Waals surface area contributed by atoms with Gasteiger partial charge in [0.25, 0.3) is 11.8 Å². The van der Waals surface area contributed by atoms with Crippen molar-refractivity contribution in [3.63, 3.8) is 0 Å². The van der Waals surface area contributed by atoms with Crippen LogP contribution in [0.2, 0.25) is 0 Å². The summed E-state index contributed by atoms with van der Waals surface area (Å²) in [5, 5.41) is 0. The molecule has 0 radical (unpaired) electrons. The molecule has 1 aromatic carbocycles. The van der Waals surface area contributed by atoms with Crippen LogP contribution in [0.1, 0.15) is 207 Å². The molecule has 5 heteroatoms. The van der Waals surface area contributed by atoms with Crippen LogP contribution in [0, 0.1) is 46.3 Å². The van der Waals surface area contributed by atoms with Crippen molar-refractivity contribution in [2.24, 2.45) is 46.3 Å². The number of fused-ring (bicyclic) bond motifs is 6. The predicted octanol–water partition coefficient (Wildman–Crippen LogP) is 12.8. The van der Waals surface area contributed by atoms with E-state index in [1.807, 2.05) is 0 Å². The molecule has 0 saturated heterocycles. The summed E-state index contributed by atoms with van der Waals surface area (Å²) in [6, 6.07) is 4.93. The Morgan fingerprint density at radius 2 is 1.51 bits per heavy atom. The van der Waals surface area contributed by atoms with Gasteiger partial charge >= 0.3 is 5.97 Å². The summed E-state index contributed by atoms with van der Waals surface area (Å²) in [5.41, 5.74) is 3.33. The number of benzene rings is 1. The number of carbonyl (C=O) groups excluding carboxylic acids is 3. The third-order valence-electron chi connectivity index (χ3n) is 15.5. The van der Waals surface area contributed by atoms with Crippen LogP contribution >= 0.6 is 0 Å². The van der Waals surface area contributed by atoms with Crippen LogP contribution in [0.25, 0.3) is 0 Å². The van der Waals surface area contributed by atoms with Crippen molar-refractivity contribution in [2.45, 2.75) is 182 Å². The minimum Gasteiger partial charge on any atom is -0.458 e. The highest BCUT2D eigenvalue weighted by Crippen LogP contribution is 2.67. The van der Waals surface area contributed by atoms with Gasteiger partial charge in [0.2, 0.25) is 0 Å². The van der Waals surface area contributed by atoms with Gasteiger partial charge in [0.05, 0.1) is 16.7 Å². The number of nitrogens with zero attached hydrogens (tertiary/aromatic N) is 1. The van der Waals surface area contributed by atoms with Gasteiger partial charge < -0.3 is 4.74 Å². The molecule has 1 unspecified atom stereocenters. The summed E-state index contributed by atoms with van der Waals surface area (Å²) < 4.78 is 6.18. The average Bonchev–Trinajstić information content (AvgIpc) is 3.61. The summed E-state index contributed by atoms with van der Waals surface area (Å²) in [6.07, 6.45) is 28.1. The lowest BCUT2D eigenvalue weighted by Crippen LogP contribution is -2.51. The van der Waals surface area contributed by atoms with E-state index in [0.717, 1.165) is 74.0 Å². The van der Waals surface area contributed by atoms with Crippen molar-refractivity contribution in [3.05, 3.63) is 46.5 Å². The molecule has 3 saturated carbocycles. The molecule has 0 N–H and O–H groups in total. The number of amides is 2. The Hall–Kier alpha value is -2.43. The van der Waals surface area contributed by atoms with Gasteiger partial charge in [-0.15, -0.1) is 0 Å². The zero-order valence-corrected chi connectivity index (χ0v) is 34.5. The number of ether oxygens (including phenoxy) is 1. The predicted molar refractivity (Wildman–Crippen MR) is 216 cm³/mol. The van der Waals surface area contributed by atoms with E-state index in [4.69, 9.17) is 4.74 Å². The second-order valence-corrected chi connectivity index (χ2v) is 19.3. The van der Waals surface area contributed by atoms with Crippen LogP contribution in [0.5, 0.6) is 0 Å². The summed E-state index contributed by atoms with van der Waals surface area (Å²) in [5.74, 6) is 3.97. The van der Waals surface area contributed by atoms with Crippen molar-refractivity contribution < 1.29 is 19.1 Å². The van der Waals surface area contributed by atoms with Crippen molar-refractivity contribution in [1.29, 1.82) is 0 Å². The van der Waals surface area contributed by atoms with Gasteiger partial charge in [-0.2, -0.15) is 0 Å². The largest absolute Gasteiger partial charge is 0.458 e. The first-order valence-corrected chi connectivity index (χ1v) is 22.4. The van der Waals surface area contributed by atoms with Crippen LogP contribution in [0.15, 0.2) is 29.8 Å². The highest BCUT2D eigenvalue weighted by Gasteiger charge is 2.59. The number of unbranched alkanes of at least 4 members (excludes halogenated alkanes) is 9. The van der Waals surface area contributed by atoms with Gasteiger partial charge in [0.15, 0.2) is 0 Å². The molecule has 53 heavy (non-hydrogen) atoms. The van der Waals surface area contributed by atoms with Crippen molar-refractivity contribution in [3.8, 4) is 0 Å². The third-order valence-corrected chi connectivity index (χ3v) is 15.5. The fourth-order valence-electron chi connectivity index (χ4n) is 12.4. The molecule has 294 valence electrons. The van der Waals surface area contributed by atoms with Crippen LogP contribution < -0.4 is 0 Å². The van der Waals surface area contributed by atoms with Crippen molar-refractivity contribution in [2.75, 3.05) is 6.54 Å². The van der Waals surface area contributed by atoms with Gasteiger partial charge in [-0.05, 0) is 116 Å². The van der Waals surface area contributed by atoms with E-state index >= 15 is 0 Å². The lowest BCUT2D eigenvalue weighted by Gasteiger charge is -2.58. The van der Waals surface area contributed by atoms with Gasteiger partial charge in [-0.25, -0.2) is 4.79 Å². The number of rotatable bonds is 18. The van der Waals surface area contributed by atoms with E-state index in [1.165, 1.54) is 107 Å². The fraction of sp³-hybridized carbons (Fsp3) is 0.771. The van der Waals surface area contributed by atoms with E-state index in [0.29, 0.717) is 28.7 Å². The average molecular weight is 728 g/mol. The number of carbonyl (C=O) groups is 3. The Labute approximate surface area is 322 Å². The maximum absolute atomic E-state index is 13.5. The van der Waals surface area contributed by atoms with Crippen molar-refractivity contribution in [1.82, 2.24) is 4.90 Å². The first kappa shape index (κ1) is 40.2. The second kappa shape index (κ2) is 17.6. The molecule has 4 aliphatic carbocycles. The topological polar surface area (TPSA) is 63.7 Å². The number of hydrogen-bond donors (Lipinski definition) is 0. The first-order valence-electron chi connectivity index (χ1n) is 22.4. The molecule has 5 nitrogen and oxygen atoms in total. The number of esters is 1. The Morgan fingerprint density at radius 1 is 0.811 bits per heavy atom. The van der Waals surface area contributed by atoms with E-state index in [1.54, 1.807) is 18.2 Å². The molecule has 5 aliphatic rings. The molecule has 6 rings (SSSR count). The zero-order valence-electron chi connectivity index (χ0n) is 34.5. The molecule has 3 fully saturated rings. The normalized spacial score (nSPS) is 31.2. The highest BCUT2D eigenvalue weighted by atomic mass is 16.5. The minimum absolute atomic E-state index is 0.145. The maximum Gasteiger partial charge on any atom is 0.338 e. The summed E-state index contributed by atoms with van der Waals surface area (Å²) in [4.78, 5) is 41.3. The van der Waals surface area contributed by atoms with Gasteiger partial charge in [-0.1, -0.05) is 130 Å². The zero-order chi connectivity index (χ0) is 37.8. The minimum atomic E-state index is -0.378. The maximum atomic E-state index is 13.5. The van der Waals surface area contributed by atoms with E-state index < -0.39 is 0 Å². The molecular formula is C48H73NO4. The van der Waals surface area contributed by atoms with E-state index in [9.17, 15) is 14.4 Å². The molecule has 8 atom stereocenters. The van der Waals surface area contributed by atoms with E-state index in [2.05, 4.69) is 47.6 Å². The SMILES string of the molecule is CCCCCCCCCCCCN1C(=O)c2ccc(C(=O)OC3CC[C@@]4(C)C(=CC[C@H]5[C@@H]6CC[C@H]([C@H](C)CCCC(C)C)[C@@]6(C)CC[C@@H]54)C3)cc2C1=O. The second-order valence-electron chi connectivity index (χ2n) is 19.3. The molecule has 0 bridgehead atoms. The summed E-state index contributed by atoms with van der Waals surface area (Å²) >= 11 is 0. The molecule has 1 aromatic rings. The third kappa shape index (κ3) is 8.55. The fourth-order valence-corrected chi connectivity index (χ4v) is 12.4. The van der Waals surface area contributed by atoms with Gasteiger partial charge in [0.1, 0.15) is 6.10 Å². The standard InChI is InChI=1S/C48H73NO4/c1-7-8-9-10-11-12-13-14-15-16-30-49-44(50)38-22-20-35(31-40(38)45(49)51)46(52)53-37-26-28-47(5)36(32-37)21-23-39-42-25-24-41(34(4)19-17-18-33(2)3)48(42,6)29-27-43(39)47/h20-22,31,33-34,37,39,41-43H,7-19,23-30,32H2,1-6H3/t34-,37?,39+,41-,42+,43+,47+,48-/m1/s1. The van der Waals surface area contributed by atoms with Crippen LogP contribution in [-0.2, 0) is 4.74 Å². The Morgan fingerprint density at radius 3 is 2.23 bits per heavy atom. The Bertz CT molecular complexity index is 1480.